The molecule has 1 atom stereocenters. The zero-order valence-electron chi connectivity index (χ0n) is 13.5. The standard InChI is InChI=1S/C15H25N3O2S/c1-15(2,3)12-11(13(19)20)21-14(16-12)18(5)10-7-6-8-17(4)9-10/h10H,6-9H2,1-5H3,(H,19,20). The molecule has 6 heteroatoms. The third-order valence-electron chi connectivity index (χ3n) is 3.97. The molecule has 2 heterocycles. The minimum atomic E-state index is -0.877. The van der Waals surface area contributed by atoms with Crippen LogP contribution in [-0.4, -0.2) is 54.2 Å². The highest BCUT2D eigenvalue weighted by Crippen LogP contribution is 2.34. The van der Waals surface area contributed by atoms with Crippen molar-refractivity contribution in [2.75, 3.05) is 32.1 Å². The quantitative estimate of drug-likeness (QED) is 0.930. The minimum Gasteiger partial charge on any atom is -0.477 e. The van der Waals surface area contributed by atoms with Crippen LogP contribution in [0, 0.1) is 0 Å². The summed E-state index contributed by atoms with van der Waals surface area (Å²) < 4.78 is 0. The first-order valence-corrected chi connectivity index (χ1v) is 8.17. The topological polar surface area (TPSA) is 56.7 Å². The molecule has 0 aliphatic carbocycles. The molecule has 1 aromatic heterocycles. The fourth-order valence-electron chi connectivity index (χ4n) is 2.72. The van der Waals surface area contributed by atoms with Gasteiger partial charge in [-0.05, 0) is 26.4 Å². The van der Waals surface area contributed by atoms with E-state index in [9.17, 15) is 9.90 Å². The number of nitrogens with zero attached hydrogens (tertiary/aromatic N) is 3. The first-order chi connectivity index (χ1) is 9.70. The lowest BCUT2D eigenvalue weighted by molar-refractivity contribution is 0.0699. The Bertz CT molecular complexity index is 521. The zero-order chi connectivity index (χ0) is 15.8. The summed E-state index contributed by atoms with van der Waals surface area (Å²) >= 11 is 1.29. The Hall–Kier alpha value is -1.14. The first kappa shape index (κ1) is 16.2. The maximum atomic E-state index is 11.5. The van der Waals surface area contributed by atoms with E-state index in [2.05, 4.69) is 21.8 Å². The van der Waals surface area contributed by atoms with Gasteiger partial charge in [-0.15, -0.1) is 0 Å². The van der Waals surface area contributed by atoms with Gasteiger partial charge in [0.2, 0.25) is 0 Å². The van der Waals surface area contributed by atoms with E-state index in [0.717, 1.165) is 24.6 Å². The second-order valence-corrected chi connectivity index (χ2v) is 7.88. The van der Waals surface area contributed by atoms with Gasteiger partial charge in [0.1, 0.15) is 4.88 Å². The maximum Gasteiger partial charge on any atom is 0.347 e. The molecule has 1 aliphatic rings. The largest absolute Gasteiger partial charge is 0.477 e. The summed E-state index contributed by atoms with van der Waals surface area (Å²) in [6.07, 6.45) is 2.31. The van der Waals surface area contributed by atoms with Gasteiger partial charge in [-0.2, -0.15) is 0 Å². The van der Waals surface area contributed by atoms with Crippen LogP contribution in [-0.2, 0) is 5.41 Å². The third kappa shape index (κ3) is 3.55. The molecular weight excluding hydrogens is 286 g/mol. The molecule has 1 unspecified atom stereocenters. The number of likely N-dealkylation sites (N-methyl/N-ethyl adjacent to an activating group) is 2. The molecule has 0 amide bonds. The molecule has 1 aromatic rings. The highest BCUT2D eigenvalue weighted by molar-refractivity contribution is 7.17. The molecule has 1 fully saturated rings. The molecule has 1 N–H and O–H groups in total. The summed E-state index contributed by atoms with van der Waals surface area (Å²) in [6.45, 7) is 8.16. The SMILES string of the molecule is CN1CCCC(N(C)c2nc(C(C)(C)C)c(C(=O)O)s2)C1. The Morgan fingerprint density at radius 1 is 1.48 bits per heavy atom. The lowest BCUT2D eigenvalue weighted by atomic mass is 9.91. The lowest BCUT2D eigenvalue weighted by Gasteiger charge is -2.35. The van der Waals surface area contributed by atoms with Gasteiger partial charge in [-0.25, -0.2) is 9.78 Å². The molecule has 0 radical (unpaired) electrons. The van der Waals surface area contributed by atoms with Crippen LogP contribution in [0.5, 0.6) is 0 Å². The van der Waals surface area contributed by atoms with Crippen molar-refractivity contribution in [3.05, 3.63) is 10.6 Å². The average Bonchev–Trinajstić information content (AvgIpc) is 2.83. The van der Waals surface area contributed by atoms with Gasteiger partial charge in [0.25, 0.3) is 0 Å². The number of rotatable bonds is 3. The Morgan fingerprint density at radius 2 is 2.14 bits per heavy atom. The van der Waals surface area contributed by atoms with E-state index in [-0.39, 0.29) is 5.41 Å². The number of thiazole rings is 1. The molecule has 0 aromatic carbocycles. The molecule has 21 heavy (non-hydrogen) atoms. The minimum absolute atomic E-state index is 0.257. The zero-order valence-corrected chi connectivity index (χ0v) is 14.3. The number of carboxylic acid groups (broad SMARTS) is 1. The molecule has 2 rings (SSSR count). The third-order valence-corrected chi connectivity index (χ3v) is 5.10. The number of hydrogen-bond acceptors (Lipinski definition) is 5. The smallest absolute Gasteiger partial charge is 0.347 e. The highest BCUT2D eigenvalue weighted by Gasteiger charge is 2.30. The molecule has 118 valence electrons. The number of carbonyl (C=O) groups is 1. The van der Waals surface area contributed by atoms with Crippen molar-refractivity contribution in [1.29, 1.82) is 0 Å². The van der Waals surface area contributed by atoms with Gasteiger partial charge in [-0.1, -0.05) is 32.1 Å². The fourth-order valence-corrected chi connectivity index (χ4v) is 3.87. The summed E-state index contributed by atoms with van der Waals surface area (Å²) in [7, 11) is 4.16. The van der Waals surface area contributed by atoms with E-state index in [1.54, 1.807) is 0 Å². The van der Waals surface area contributed by atoms with Crippen LogP contribution < -0.4 is 4.90 Å². The molecular formula is C15H25N3O2S. The maximum absolute atomic E-state index is 11.5. The van der Waals surface area contributed by atoms with Crippen molar-refractivity contribution in [2.24, 2.45) is 0 Å². The van der Waals surface area contributed by atoms with Crippen molar-refractivity contribution in [1.82, 2.24) is 9.88 Å². The number of hydrogen-bond donors (Lipinski definition) is 1. The van der Waals surface area contributed by atoms with Crippen LogP contribution in [0.4, 0.5) is 5.13 Å². The molecule has 5 nitrogen and oxygen atoms in total. The average molecular weight is 311 g/mol. The molecule has 0 bridgehead atoms. The summed E-state index contributed by atoms with van der Waals surface area (Å²) in [6, 6.07) is 0.407. The number of likely N-dealkylation sites (tertiary alicyclic amines) is 1. The predicted octanol–water partition coefficient (Wildman–Crippen LogP) is 2.67. The van der Waals surface area contributed by atoms with E-state index in [1.165, 1.54) is 17.8 Å². The number of anilines is 1. The van der Waals surface area contributed by atoms with Gasteiger partial charge >= 0.3 is 5.97 Å². The van der Waals surface area contributed by atoms with Crippen molar-refractivity contribution in [2.45, 2.75) is 45.1 Å². The Kier molecular flexibility index (Phi) is 4.58. The van der Waals surface area contributed by atoms with Crippen LogP contribution in [0.25, 0.3) is 0 Å². The van der Waals surface area contributed by atoms with E-state index < -0.39 is 5.97 Å². The molecule has 1 saturated heterocycles. The number of carboxylic acids is 1. The van der Waals surface area contributed by atoms with Crippen LogP contribution in [0.2, 0.25) is 0 Å². The van der Waals surface area contributed by atoms with Gasteiger partial charge in [0, 0.05) is 25.0 Å². The van der Waals surface area contributed by atoms with Gasteiger partial charge in [0.05, 0.1) is 5.69 Å². The number of piperidine rings is 1. The van der Waals surface area contributed by atoms with E-state index in [4.69, 9.17) is 0 Å². The van der Waals surface area contributed by atoms with E-state index in [0.29, 0.717) is 16.6 Å². The number of aromatic carboxylic acids is 1. The fraction of sp³-hybridized carbons (Fsp3) is 0.733. The van der Waals surface area contributed by atoms with Crippen LogP contribution in [0.1, 0.15) is 49.0 Å². The van der Waals surface area contributed by atoms with Crippen LogP contribution in [0.15, 0.2) is 0 Å². The molecule has 1 aliphatic heterocycles. The van der Waals surface area contributed by atoms with Gasteiger partial charge in [-0.3, -0.25) is 0 Å². The Morgan fingerprint density at radius 3 is 2.62 bits per heavy atom. The summed E-state index contributed by atoms with van der Waals surface area (Å²) in [5.74, 6) is -0.877. The Labute approximate surface area is 130 Å². The highest BCUT2D eigenvalue weighted by atomic mass is 32.1. The van der Waals surface area contributed by atoms with Crippen LogP contribution in [0.3, 0.4) is 0 Å². The molecule has 0 saturated carbocycles. The van der Waals surface area contributed by atoms with E-state index in [1.807, 2.05) is 27.8 Å². The summed E-state index contributed by atoms with van der Waals surface area (Å²) in [4.78, 5) is 21.0. The number of aromatic nitrogens is 1. The van der Waals surface area contributed by atoms with Crippen molar-refractivity contribution < 1.29 is 9.90 Å². The normalized spacial score (nSPS) is 20.5. The van der Waals surface area contributed by atoms with Gasteiger partial charge in [0.15, 0.2) is 5.13 Å². The second kappa shape index (κ2) is 5.93. The van der Waals surface area contributed by atoms with Crippen molar-refractivity contribution in [3.63, 3.8) is 0 Å². The van der Waals surface area contributed by atoms with Crippen molar-refractivity contribution in [3.8, 4) is 0 Å². The summed E-state index contributed by atoms with van der Waals surface area (Å²) in [5, 5.41) is 10.2. The second-order valence-electron chi connectivity index (χ2n) is 6.90. The van der Waals surface area contributed by atoms with Gasteiger partial charge < -0.3 is 14.9 Å². The first-order valence-electron chi connectivity index (χ1n) is 7.36. The van der Waals surface area contributed by atoms with Crippen molar-refractivity contribution >= 4 is 22.4 Å². The lowest BCUT2D eigenvalue weighted by Crippen LogP contribution is -2.45. The van der Waals surface area contributed by atoms with E-state index >= 15 is 0 Å². The Balaban J connectivity index is 2.29. The predicted molar refractivity (Wildman–Crippen MR) is 86.7 cm³/mol. The molecule has 0 spiro atoms. The summed E-state index contributed by atoms with van der Waals surface area (Å²) in [5.41, 5.74) is 0.429. The monoisotopic (exact) mass is 311 g/mol. The van der Waals surface area contributed by atoms with Crippen LogP contribution >= 0.6 is 11.3 Å².